The number of ether oxygens (including phenoxy) is 3. The highest BCUT2D eigenvalue weighted by molar-refractivity contribution is 5.71. The van der Waals surface area contributed by atoms with Gasteiger partial charge in [-0.25, -0.2) is 4.39 Å². The molecular weight excluding hydrogens is 359 g/mol. The van der Waals surface area contributed by atoms with Crippen molar-refractivity contribution in [1.82, 2.24) is 0 Å². The largest absolute Gasteiger partial charge is 0.466 e. The number of halogens is 1. The summed E-state index contributed by atoms with van der Waals surface area (Å²) < 4.78 is 31.2. The molecule has 2 aromatic rings. The molecule has 0 fully saturated rings. The van der Waals surface area contributed by atoms with Gasteiger partial charge >= 0.3 is 5.97 Å². The van der Waals surface area contributed by atoms with E-state index in [0.717, 1.165) is 11.1 Å². The maximum absolute atomic E-state index is 15.3. The number of benzene rings is 2. The molecule has 2 rings (SSSR count). The summed E-state index contributed by atoms with van der Waals surface area (Å²) in [6.45, 7) is 2.61. The van der Waals surface area contributed by atoms with Gasteiger partial charge < -0.3 is 14.2 Å². The van der Waals surface area contributed by atoms with Gasteiger partial charge in [-0.15, -0.1) is 0 Å². The smallest absolute Gasteiger partial charge is 0.309 e. The van der Waals surface area contributed by atoms with E-state index in [9.17, 15) is 4.79 Å². The molecular formula is C23H27FO4. The maximum Gasteiger partial charge on any atom is 0.309 e. The number of esters is 1. The van der Waals surface area contributed by atoms with Gasteiger partial charge in [0.2, 0.25) is 0 Å². The summed E-state index contributed by atoms with van der Waals surface area (Å²) in [6, 6.07) is 19.2. The molecule has 0 amide bonds. The SMILES string of the molecule is CCOC(=O)C[C@@](F)(/C=C/COCc1ccccc1)COCc1ccccc1. The van der Waals surface area contributed by atoms with E-state index in [1.54, 1.807) is 13.0 Å². The number of carbonyl (C=O) groups excluding carboxylic acids is 1. The number of carbonyl (C=O) groups is 1. The van der Waals surface area contributed by atoms with Crippen LogP contribution >= 0.6 is 0 Å². The van der Waals surface area contributed by atoms with Crippen molar-refractivity contribution in [3.8, 4) is 0 Å². The highest BCUT2D eigenvalue weighted by atomic mass is 19.1. The van der Waals surface area contributed by atoms with Crippen LogP contribution in [0, 0.1) is 0 Å². The lowest BCUT2D eigenvalue weighted by atomic mass is 10.0. The Morgan fingerprint density at radius 3 is 2.11 bits per heavy atom. The standard InChI is InChI=1S/C23H27FO4/c1-2-28-22(25)16-23(24,19-27-18-21-12-7-4-8-13-21)14-9-15-26-17-20-10-5-3-6-11-20/h3-14H,2,15-19H2,1H3/b14-9+/t23-/m0/s1. The van der Waals surface area contributed by atoms with Crippen LogP contribution in [0.1, 0.15) is 24.5 Å². The monoisotopic (exact) mass is 386 g/mol. The molecule has 1 atom stereocenters. The topological polar surface area (TPSA) is 44.8 Å². The average molecular weight is 386 g/mol. The minimum absolute atomic E-state index is 0.212. The molecule has 0 bridgehead atoms. The van der Waals surface area contributed by atoms with Gasteiger partial charge in [0.1, 0.15) is 0 Å². The van der Waals surface area contributed by atoms with Crippen LogP contribution in [0.3, 0.4) is 0 Å². The Morgan fingerprint density at radius 2 is 1.54 bits per heavy atom. The summed E-state index contributed by atoms with van der Waals surface area (Å²) in [5.74, 6) is -0.594. The Morgan fingerprint density at radius 1 is 0.964 bits per heavy atom. The lowest BCUT2D eigenvalue weighted by Gasteiger charge is -2.21. The van der Waals surface area contributed by atoms with Gasteiger partial charge in [-0.05, 0) is 24.1 Å². The highest BCUT2D eigenvalue weighted by Gasteiger charge is 2.31. The van der Waals surface area contributed by atoms with Crippen LogP contribution in [0.4, 0.5) is 4.39 Å². The second-order valence-electron chi connectivity index (χ2n) is 6.40. The molecule has 0 N–H and O–H groups in total. The molecule has 5 heteroatoms. The Labute approximate surface area is 165 Å². The first-order chi connectivity index (χ1) is 13.6. The Kier molecular flexibility index (Phi) is 9.39. The third kappa shape index (κ3) is 8.46. The summed E-state index contributed by atoms with van der Waals surface area (Å²) >= 11 is 0. The van der Waals surface area contributed by atoms with Crippen molar-refractivity contribution >= 4 is 5.97 Å². The molecule has 150 valence electrons. The maximum atomic E-state index is 15.3. The van der Waals surface area contributed by atoms with E-state index in [2.05, 4.69) is 0 Å². The molecule has 0 aliphatic rings. The van der Waals surface area contributed by atoms with Crippen LogP contribution in [0.5, 0.6) is 0 Å². The average Bonchev–Trinajstić information content (AvgIpc) is 2.69. The molecule has 0 spiro atoms. The second-order valence-corrected chi connectivity index (χ2v) is 6.40. The van der Waals surface area contributed by atoms with Crippen LogP contribution in [-0.2, 0) is 32.2 Å². The van der Waals surface area contributed by atoms with Gasteiger partial charge in [-0.2, -0.15) is 0 Å². The lowest BCUT2D eigenvalue weighted by molar-refractivity contribution is -0.146. The molecule has 0 aliphatic carbocycles. The van der Waals surface area contributed by atoms with Gasteiger partial charge in [-0.1, -0.05) is 66.7 Å². The Balaban J connectivity index is 1.86. The van der Waals surface area contributed by atoms with Crippen molar-refractivity contribution < 1.29 is 23.4 Å². The molecule has 0 saturated heterocycles. The van der Waals surface area contributed by atoms with Crippen molar-refractivity contribution in [2.75, 3.05) is 19.8 Å². The predicted octanol–water partition coefficient (Wildman–Crippen LogP) is 4.64. The molecule has 28 heavy (non-hydrogen) atoms. The first-order valence-corrected chi connectivity index (χ1v) is 9.37. The molecule has 0 radical (unpaired) electrons. The molecule has 0 heterocycles. The van der Waals surface area contributed by atoms with Crippen LogP contribution < -0.4 is 0 Å². The van der Waals surface area contributed by atoms with Gasteiger partial charge in [0.05, 0.1) is 39.5 Å². The van der Waals surface area contributed by atoms with Crippen LogP contribution in [0.25, 0.3) is 0 Å². The summed E-state index contributed by atoms with van der Waals surface area (Å²) in [5.41, 5.74) is 0.0354. The van der Waals surface area contributed by atoms with E-state index in [4.69, 9.17) is 14.2 Å². The van der Waals surface area contributed by atoms with Gasteiger partial charge in [0.25, 0.3) is 0 Å². The molecule has 2 aromatic carbocycles. The molecule has 0 aliphatic heterocycles. The van der Waals surface area contributed by atoms with Crippen LogP contribution in [0.2, 0.25) is 0 Å². The van der Waals surface area contributed by atoms with E-state index in [1.807, 2.05) is 60.7 Å². The van der Waals surface area contributed by atoms with E-state index in [-0.39, 0.29) is 26.4 Å². The van der Waals surface area contributed by atoms with Crippen LogP contribution in [-0.4, -0.2) is 31.5 Å². The fourth-order valence-electron chi connectivity index (χ4n) is 2.60. The van der Waals surface area contributed by atoms with Crippen LogP contribution in [0.15, 0.2) is 72.8 Å². The second kappa shape index (κ2) is 12.1. The number of hydrogen-bond donors (Lipinski definition) is 0. The van der Waals surface area contributed by atoms with Gasteiger partial charge in [0.15, 0.2) is 5.67 Å². The Hall–Kier alpha value is -2.50. The quantitative estimate of drug-likeness (QED) is 0.303. The third-order valence-electron chi connectivity index (χ3n) is 3.94. The first-order valence-electron chi connectivity index (χ1n) is 9.37. The fourth-order valence-corrected chi connectivity index (χ4v) is 2.60. The molecule has 0 aromatic heterocycles. The minimum Gasteiger partial charge on any atom is -0.466 e. The van der Waals surface area contributed by atoms with Gasteiger partial charge in [-0.3, -0.25) is 4.79 Å². The molecule has 4 nitrogen and oxygen atoms in total. The fraction of sp³-hybridized carbons (Fsp3) is 0.348. The van der Waals surface area contributed by atoms with Crippen molar-refractivity contribution in [2.45, 2.75) is 32.2 Å². The predicted molar refractivity (Wildman–Crippen MR) is 106 cm³/mol. The van der Waals surface area contributed by atoms with E-state index in [0.29, 0.717) is 6.61 Å². The zero-order chi connectivity index (χ0) is 20.1. The van der Waals surface area contributed by atoms with Crippen molar-refractivity contribution in [3.05, 3.63) is 83.9 Å². The zero-order valence-corrected chi connectivity index (χ0v) is 16.2. The zero-order valence-electron chi connectivity index (χ0n) is 16.2. The number of alkyl halides is 1. The highest BCUT2D eigenvalue weighted by Crippen LogP contribution is 2.21. The van der Waals surface area contributed by atoms with E-state index >= 15 is 4.39 Å². The Bertz CT molecular complexity index is 718. The van der Waals surface area contributed by atoms with Crippen molar-refractivity contribution in [3.63, 3.8) is 0 Å². The summed E-state index contributed by atoms with van der Waals surface area (Å²) in [7, 11) is 0. The summed E-state index contributed by atoms with van der Waals surface area (Å²) in [5, 5.41) is 0. The molecule has 0 unspecified atom stereocenters. The summed E-state index contributed by atoms with van der Waals surface area (Å²) in [4.78, 5) is 11.8. The van der Waals surface area contributed by atoms with Crippen molar-refractivity contribution in [1.29, 1.82) is 0 Å². The van der Waals surface area contributed by atoms with Gasteiger partial charge in [0, 0.05) is 0 Å². The normalized spacial score (nSPS) is 13.4. The minimum atomic E-state index is -1.95. The van der Waals surface area contributed by atoms with E-state index in [1.165, 1.54) is 6.08 Å². The van der Waals surface area contributed by atoms with Crippen molar-refractivity contribution in [2.24, 2.45) is 0 Å². The third-order valence-corrected chi connectivity index (χ3v) is 3.94. The number of hydrogen-bond acceptors (Lipinski definition) is 4. The summed E-state index contributed by atoms with van der Waals surface area (Å²) in [6.07, 6.45) is 2.51. The molecule has 0 saturated carbocycles. The van der Waals surface area contributed by atoms with E-state index < -0.39 is 18.1 Å². The number of rotatable bonds is 12. The lowest BCUT2D eigenvalue weighted by Crippen LogP contribution is -2.31. The first kappa shape index (κ1) is 21.8.